The summed E-state index contributed by atoms with van der Waals surface area (Å²) in [4.78, 5) is 39.7. The first kappa shape index (κ1) is 35.1. The number of aliphatic hydroxyl groups excluding tert-OH is 1. The lowest BCUT2D eigenvalue weighted by Crippen LogP contribution is -2.58. The Balaban J connectivity index is 1.60. The van der Waals surface area contributed by atoms with E-state index in [0.717, 1.165) is 26.7 Å². The van der Waals surface area contributed by atoms with Crippen LogP contribution in [0, 0.1) is 5.41 Å². The number of hydrazine groups is 1. The van der Waals surface area contributed by atoms with E-state index in [1.54, 1.807) is 5.01 Å². The molecule has 1 aliphatic carbocycles. The van der Waals surface area contributed by atoms with Crippen LogP contribution in [-0.4, -0.2) is 64.5 Å². The van der Waals surface area contributed by atoms with Crippen LogP contribution < -0.4 is 16.1 Å². The Morgan fingerprint density at radius 1 is 0.978 bits per heavy atom. The number of fused-ring (bicyclic) bond motifs is 1. The highest BCUT2D eigenvalue weighted by Gasteiger charge is 2.41. The smallest absolute Gasteiger partial charge is 0.407 e. The SMILES string of the molecule is COC(=O)NC(C(=O)NN(CCC(O)(Cc1ccccc1)C(=O)NC1c2ccccc2CC1O)Cc1ccc(Br)cc1)C(C)(C)C. The molecule has 1 aliphatic rings. The molecule has 0 aliphatic heterocycles. The van der Waals surface area contributed by atoms with Crippen molar-refractivity contribution in [3.63, 3.8) is 0 Å². The topological polar surface area (TPSA) is 140 Å². The summed E-state index contributed by atoms with van der Waals surface area (Å²) in [5, 5.41) is 30.1. The molecule has 0 saturated carbocycles. The molecule has 4 atom stereocenters. The molecule has 0 fully saturated rings. The van der Waals surface area contributed by atoms with E-state index < -0.39 is 47.1 Å². The molecule has 0 bridgehead atoms. The van der Waals surface area contributed by atoms with Crippen molar-refractivity contribution >= 4 is 33.8 Å². The summed E-state index contributed by atoms with van der Waals surface area (Å²) in [5.74, 6) is -1.09. The first-order valence-electron chi connectivity index (χ1n) is 15.3. The van der Waals surface area contributed by atoms with Crippen LogP contribution in [-0.2, 0) is 33.7 Å². The Morgan fingerprint density at radius 3 is 2.28 bits per heavy atom. The van der Waals surface area contributed by atoms with Gasteiger partial charge in [0.25, 0.3) is 11.8 Å². The number of ether oxygens (including phenoxy) is 1. The molecule has 0 radical (unpaired) electrons. The Kier molecular flexibility index (Phi) is 11.6. The highest BCUT2D eigenvalue weighted by Crippen LogP contribution is 2.32. The number of methoxy groups -OCH3 is 1. The van der Waals surface area contributed by atoms with Gasteiger partial charge in [0.2, 0.25) is 0 Å². The van der Waals surface area contributed by atoms with Crippen molar-refractivity contribution < 1.29 is 29.3 Å². The highest BCUT2D eigenvalue weighted by molar-refractivity contribution is 9.10. The van der Waals surface area contributed by atoms with Crippen LogP contribution in [0.25, 0.3) is 0 Å². The second-order valence-corrected chi connectivity index (χ2v) is 13.7. The number of hydrogen-bond donors (Lipinski definition) is 5. The van der Waals surface area contributed by atoms with Crippen LogP contribution in [0.15, 0.2) is 83.3 Å². The number of nitrogens with zero attached hydrogens (tertiary/aromatic N) is 1. The van der Waals surface area contributed by atoms with Crippen molar-refractivity contribution in [3.05, 3.63) is 106 Å². The number of carbonyl (C=O) groups is 3. The van der Waals surface area contributed by atoms with Crippen LogP contribution >= 0.6 is 15.9 Å². The number of amides is 3. The molecule has 0 spiro atoms. The molecule has 246 valence electrons. The van der Waals surface area contributed by atoms with Gasteiger partial charge < -0.3 is 25.6 Å². The second kappa shape index (κ2) is 15.2. The van der Waals surface area contributed by atoms with Gasteiger partial charge in [0, 0.05) is 36.8 Å². The van der Waals surface area contributed by atoms with Crippen molar-refractivity contribution in [3.8, 4) is 0 Å². The fourth-order valence-corrected chi connectivity index (χ4v) is 5.88. The first-order valence-corrected chi connectivity index (χ1v) is 16.1. The Hall–Kier alpha value is -3.77. The van der Waals surface area contributed by atoms with Gasteiger partial charge in [-0.25, -0.2) is 9.80 Å². The summed E-state index contributed by atoms with van der Waals surface area (Å²) in [5.41, 5.74) is 3.76. The van der Waals surface area contributed by atoms with Gasteiger partial charge in [0.15, 0.2) is 0 Å². The third-order valence-electron chi connectivity index (χ3n) is 8.18. The number of halogens is 1. The van der Waals surface area contributed by atoms with Gasteiger partial charge in [-0.15, -0.1) is 0 Å². The van der Waals surface area contributed by atoms with E-state index in [1.807, 2.05) is 99.6 Å². The molecule has 11 heteroatoms. The van der Waals surface area contributed by atoms with Gasteiger partial charge in [-0.3, -0.25) is 15.0 Å². The molecule has 3 amide bonds. The molecule has 0 saturated heterocycles. The van der Waals surface area contributed by atoms with E-state index in [9.17, 15) is 24.6 Å². The molecule has 3 aromatic carbocycles. The maximum absolute atomic E-state index is 14.0. The average molecular weight is 696 g/mol. The fourth-order valence-electron chi connectivity index (χ4n) is 5.62. The lowest BCUT2D eigenvalue weighted by atomic mass is 9.86. The summed E-state index contributed by atoms with van der Waals surface area (Å²) in [6, 6.07) is 22.7. The van der Waals surface area contributed by atoms with Gasteiger partial charge in [0.1, 0.15) is 11.6 Å². The van der Waals surface area contributed by atoms with Crippen molar-refractivity contribution in [1.82, 2.24) is 21.1 Å². The van der Waals surface area contributed by atoms with E-state index in [-0.39, 0.29) is 25.9 Å². The molecule has 4 unspecified atom stereocenters. The summed E-state index contributed by atoms with van der Waals surface area (Å²) < 4.78 is 5.65. The largest absolute Gasteiger partial charge is 0.453 e. The second-order valence-electron chi connectivity index (χ2n) is 12.8. The molecule has 5 N–H and O–H groups in total. The molecular weight excluding hydrogens is 652 g/mol. The van der Waals surface area contributed by atoms with Crippen LogP contribution in [0.2, 0.25) is 0 Å². The average Bonchev–Trinajstić information content (AvgIpc) is 3.33. The predicted octanol–water partition coefficient (Wildman–Crippen LogP) is 4.19. The normalized spacial score (nSPS) is 17.8. The Labute approximate surface area is 278 Å². The molecule has 4 rings (SSSR count). The maximum Gasteiger partial charge on any atom is 0.407 e. The van der Waals surface area contributed by atoms with E-state index >= 15 is 0 Å². The minimum absolute atomic E-state index is 0.0126. The zero-order valence-corrected chi connectivity index (χ0v) is 28.2. The lowest BCUT2D eigenvalue weighted by Gasteiger charge is -2.35. The number of alkyl carbamates (subject to hydrolysis) is 1. The van der Waals surface area contributed by atoms with Crippen LogP contribution in [0.4, 0.5) is 4.79 Å². The number of benzene rings is 3. The van der Waals surface area contributed by atoms with Gasteiger partial charge >= 0.3 is 6.09 Å². The number of rotatable bonds is 12. The Bertz CT molecular complexity index is 1500. The van der Waals surface area contributed by atoms with E-state index in [1.165, 1.54) is 7.11 Å². The van der Waals surface area contributed by atoms with E-state index in [0.29, 0.717) is 6.42 Å². The maximum atomic E-state index is 14.0. The number of carbonyl (C=O) groups excluding carboxylic acids is 3. The fraction of sp³-hybridized carbons (Fsp3) is 0.400. The summed E-state index contributed by atoms with van der Waals surface area (Å²) >= 11 is 3.45. The Morgan fingerprint density at radius 2 is 1.63 bits per heavy atom. The van der Waals surface area contributed by atoms with Crippen LogP contribution in [0.1, 0.15) is 55.5 Å². The standard InChI is InChI=1S/C35H43BrN4O6/c1-34(2,3)30(38-33(44)46-4)31(42)39-40(22-24-14-16-26(36)17-15-24)19-18-35(45,21-23-10-6-5-7-11-23)32(43)37-29-27-13-9-8-12-25(27)20-28(29)41/h5-17,28-30,41,45H,18-22H2,1-4H3,(H,37,43)(H,38,44)(H,39,42). The molecule has 3 aromatic rings. The number of aliphatic hydroxyl groups is 2. The lowest BCUT2D eigenvalue weighted by molar-refractivity contribution is -0.143. The van der Waals surface area contributed by atoms with E-state index in [2.05, 4.69) is 32.0 Å². The zero-order valence-electron chi connectivity index (χ0n) is 26.6. The molecular formula is C35H43BrN4O6. The molecule has 10 nitrogen and oxygen atoms in total. The van der Waals surface area contributed by atoms with Crippen molar-refractivity contribution in [2.24, 2.45) is 5.41 Å². The van der Waals surface area contributed by atoms with Crippen LogP contribution in [0.3, 0.4) is 0 Å². The molecule has 46 heavy (non-hydrogen) atoms. The monoisotopic (exact) mass is 694 g/mol. The molecule has 0 aromatic heterocycles. The third kappa shape index (κ3) is 9.16. The minimum atomic E-state index is -1.89. The van der Waals surface area contributed by atoms with E-state index in [4.69, 9.17) is 4.74 Å². The minimum Gasteiger partial charge on any atom is -0.453 e. The number of hydrogen-bond acceptors (Lipinski definition) is 7. The quantitative estimate of drug-likeness (QED) is 0.179. The van der Waals surface area contributed by atoms with Crippen molar-refractivity contribution in [2.75, 3.05) is 13.7 Å². The highest BCUT2D eigenvalue weighted by atomic mass is 79.9. The van der Waals surface area contributed by atoms with Crippen LogP contribution in [0.5, 0.6) is 0 Å². The third-order valence-corrected chi connectivity index (χ3v) is 8.71. The predicted molar refractivity (Wildman–Crippen MR) is 178 cm³/mol. The summed E-state index contributed by atoms with van der Waals surface area (Å²) in [6.07, 6.45) is -1.20. The van der Waals surface area contributed by atoms with Crippen molar-refractivity contribution in [2.45, 2.75) is 70.4 Å². The summed E-state index contributed by atoms with van der Waals surface area (Å²) in [6.45, 7) is 5.81. The van der Waals surface area contributed by atoms with Gasteiger partial charge in [-0.1, -0.05) is 103 Å². The van der Waals surface area contributed by atoms with Crippen molar-refractivity contribution in [1.29, 1.82) is 0 Å². The van der Waals surface area contributed by atoms with Gasteiger partial charge in [-0.2, -0.15) is 0 Å². The number of nitrogens with one attached hydrogen (secondary N) is 3. The zero-order chi connectivity index (χ0) is 33.5. The molecule has 0 heterocycles. The summed E-state index contributed by atoms with van der Waals surface area (Å²) in [7, 11) is 1.23. The van der Waals surface area contributed by atoms with Gasteiger partial charge in [-0.05, 0) is 39.8 Å². The van der Waals surface area contributed by atoms with Gasteiger partial charge in [0.05, 0.1) is 19.3 Å². The first-order chi connectivity index (χ1) is 21.8.